The van der Waals surface area contributed by atoms with Gasteiger partial charge in [-0.3, -0.25) is 0 Å². The molecular weight excluding hydrogens is 314 g/mol. The van der Waals surface area contributed by atoms with Gasteiger partial charge in [-0.25, -0.2) is 0 Å². The molecule has 1 aromatic rings. The highest BCUT2D eigenvalue weighted by Gasteiger charge is 2.37. The van der Waals surface area contributed by atoms with Crippen LogP contribution < -0.4 is 4.90 Å². The fourth-order valence-electron chi connectivity index (χ4n) is 7.45. The average Bonchev–Trinajstić information content (AvgIpc) is 2.60. The van der Waals surface area contributed by atoms with Gasteiger partial charge < -0.3 is 4.90 Å². The van der Waals surface area contributed by atoms with E-state index in [4.69, 9.17) is 0 Å². The summed E-state index contributed by atoms with van der Waals surface area (Å²) < 4.78 is 0. The van der Waals surface area contributed by atoms with E-state index in [1.807, 2.05) is 0 Å². The third kappa shape index (κ3) is 3.20. The zero-order valence-corrected chi connectivity index (χ0v) is 16.9. The Kier molecular flexibility index (Phi) is 4.53. The van der Waals surface area contributed by atoms with Crippen LogP contribution >= 0.6 is 0 Å². The molecule has 4 fully saturated rings. The largest absolute Gasteiger partial charge is 0.366 e. The van der Waals surface area contributed by atoms with E-state index in [9.17, 15) is 0 Å². The standard InChI is InChI=1S/C25H37N/c1-17-10-19-14-20(11-17)16-22(15-19)21-6-8-23(9-7-21)26-24-4-3-5-25(26)13-18(2)12-24/h6-9,17-20,22,24-25H,3-5,10-16H2,1-2H3. The van der Waals surface area contributed by atoms with Crippen molar-refractivity contribution in [1.29, 1.82) is 0 Å². The minimum absolute atomic E-state index is 0.805. The molecule has 0 radical (unpaired) electrons. The van der Waals surface area contributed by atoms with Gasteiger partial charge in [-0.1, -0.05) is 26.0 Å². The molecule has 2 saturated carbocycles. The number of piperidine rings is 2. The van der Waals surface area contributed by atoms with Gasteiger partial charge in [0.1, 0.15) is 0 Å². The van der Waals surface area contributed by atoms with Crippen LogP contribution in [0.25, 0.3) is 0 Å². The maximum absolute atomic E-state index is 2.81. The topological polar surface area (TPSA) is 3.24 Å². The predicted octanol–water partition coefficient (Wildman–Crippen LogP) is 6.77. The summed E-state index contributed by atoms with van der Waals surface area (Å²) in [5.41, 5.74) is 3.15. The molecule has 5 rings (SSSR count). The minimum atomic E-state index is 0.805. The van der Waals surface area contributed by atoms with Gasteiger partial charge >= 0.3 is 0 Å². The van der Waals surface area contributed by atoms with Crippen molar-refractivity contribution in [1.82, 2.24) is 0 Å². The molecule has 2 aliphatic heterocycles. The second-order valence-corrected chi connectivity index (χ2v) is 10.5. The molecule has 0 amide bonds. The summed E-state index contributed by atoms with van der Waals surface area (Å²) in [7, 11) is 0. The van der Waals surface area contributed by atoms with Crippen LogP contribution in [0.4, 0.5) is 5.69 Å². The van der Waals surface area contributed by atoms with Crippen molar-refractivity contribution in [3.63, 3.8) is 0 Å². The third-order valence-corrected chi connectivity index (χ3v) is 8.25. The quantitative estimate of drug-likeness (QED) is 0.568. The third-order valence-electron chi connectivity index (χ3n) is 8.25. The van der Waals surface area contributed by atoms with E-state index in [-0.39, 0.29) is 0 Å². The van der Waals surface area contributed by atoms with Crippen LogP contribution in [0.1, 0.15) is 89.5 Å². The lowest BCUT2D eigenvalue weighted by molar-refractivity contribution is 0.130. The lowest BCUT2D eigenvalue weighted by Gasteiger charge is -2.50. The molecule has 142 valence electrons. The van der Waals surface area contributed by atoms with Crippen molar-refractivity contribution in [2.24, 2.45) is 23.7 Å². The summed E-state index contributed by atoms with van der Waals surface area (Å²) in [6.07, 6.45) is 14.5. The molecule has 1 aromatic carbocycles. The Morgan fingerprint density at radius 1 is 0.692 bits per heavy atom. The van der Waals surface area contributed by atoms with Crippen molar-refractivity contribution in [2.45, 2.75) is 96.1 Å². The number of fused-ring (bicyclic) bond motifs is 4. The van der Waals surface area contributed by atoms with Crippen LogP contribution in [0, 0.1) is 23.7 Å². The zero-order valence-electron chi connectivity index (χ0n) is 16.9. The highest BCUT2D eigenvalue weighted by molar-refractivity contribution is 5.51. The fraction of sp³-hybridized carbons (Fsp3) is 0.760. The summed E-state index contributed by atoms with van der Waals surface area (Å²) >= 11 is 0. The first-order valence-corrected chi connectivity index (χ1v) is 11.5. The molecule has 0 aromatic heterocycles. The van der Waals surface area contributed by atoms with Crippen molar-refractivity contribution >= 4 is 5.69 Å². The van der Waals surface area contributed by atoms with Crippen molar-refractivity contribution in [2.75, 3.05) is 4.90 Å². The SMILES string of the molecule is CC1CC2CC(C1)CC(c1ccc(N3C4CCCC3CC(C)C4)cc1)C2. The smallest absolute Gasteiger partial charge is 0.0371 e. The monoisotopic (exact) mass is 351 g/mol. The molecule has 0 N–H and O–H groups in total. The molecule has 26 heavy (non-hydrogen) atoms. The van der Waals surface area contributed by atoms with Gasteiger partial charge in [-0.05, 0) is 111 Å². The number of rotatable bonds is 2. The van der Waals surface area contributed by atoms with E-state index in [1.54, 1.807) is 5.56 Å². The Bertz CT molecular complexity index is 588. The lowest BCUT2D eigenvalue weighted by atomic mass is 9.64. The fourth-order valence-corrected chi connectivity index (χ4v) is 7.45. The highest BCUT2D eigenvalue weighted by atomic mass is 15.2. The second kappa shape index (κ2) is 6.88. The molecule has 4 bridgehead atoms. The minimum Gasteiger partial charge on any atom is -0.366 e. The van der Waals surface area contributed by atoms with Crippen molar-refractivity contribution < 1.29 is 0 Å². The first-order valence-electron chi connectivity index (χ1n) is 11.5. The average molecular weight is 352 g/mol. The van der Waals surface area contributed by atoms with Gasteiger partial charge in [0.25, 0.3) is 0 Å². The van der Waals surface area contributed by atoms with Gasteiger partial charge in [0.15, 0.2) is 0 Å². The summed E-state index contributed by atoms with van der Waals surface area (Å²) in [5.74, 6) is 4.74. The van der Waals surface area contributed by atoms with Crippen LogP contribution in [0.15, 0.2) is 24.3 Å². The molecule has 0 spiro atoms. The first kappa shape index (κ1) is 17.1. The van der Waals surface area contributed by atoms with Crippen LogP contribution in [0.3, 0.4) is 0 Å². The maximum atomic E-state index is 2.81. The Balaban J connectivity index is 1.32. The van der Waals surface area contributed by atoms with E-state index in [0.29, 0.717) is 0 Å². The molecule has 1 heteroatoms. The summed E-state index contributed by atoms with van der Waals surface area (Å²) in [4.78, 5) is 2.81. The number of nitrogens with zero attached hydrogens (tertiary/aromatic N) is 1. The molecule has 4 aliphatic rings. The van der Waals surface area contributed by atoms with Crippen LogP contribution in [-0.2, 0) is 0 Å². The highest BCUT2D eigenvalue weighted by Crippen LogP contribution is 2.48. The predicted molar refractivity (Wildman–Crippen MR) is 111 cm³/mol. The molecule has 2 heterocycles. The van der Waals surface area contributed by atoms with Crippen LogP contribution in [0.5, 0.6) is 0 Å². The summed E-state index contributed by atoms with van der Waals surface area (Å²) in [6, 6.07) is 11.6. The summed E-state index contributed by atoms with van der Waals surface area (Å²) in [5, 5.41) is 0. The molecule has 4 unspecified atom stereocenters. The normalized spacial score (nSPS) is 42.5. The number of hydrogen-bond donors (Lipinski definition) is 0. The number of benzene rings is 1. The van der Waals surface area contributed by atoms with Crippen LogP contribution in [0.2, 0.25) is 0 Å². The van der Waals surface area contributed by atoms with E-state index in [2.05, 4.69) is 43.0 Å². The summed E-state index contributed by atoms with van der Waals surface area (Å²) in [6.45, 7) is 4.94. The van der Waals surface area contributed by atoms with Gasteiger partial charge in [-0.2, -0.15) is 0 Å². The van der Waals surface area contributed by atoms with Gasteiger partial charge in [0.05, 0.1) is 0 Å². The van der Waals surface area contributed by atoms with Gasteiger partial charge in [0, 0.05) is 17.8 Å². The van der Waals surface area contributed by atoms with Crippen molar-refractivity contribution in [3.8, 4) is 0 Å². The van der Waals surface area contributed by atoms with E-state index < -0.39 is 0 Å². The van der Waals surface area contributed by atoms with Crippen molar-refractivity contribution in [3.05, 3.63) is 29.8 Å². The lowest BCUT2D eigenvalue weighted by Crippen LogP contribution is -2.51. The molecule has 4 atom stereocenters. The van der Waals surface area contributed by atoms with E-state index in [0.717, 1.165) is 41.7 Å². The molecule has 2 aliphatic carbocycles. The van der Waals surface area contributed by atoms with E-state index in [1.165, 1.54) is 69.9 Å². The number of anilines is 1. The van der Waals surface area contributed by atoms with Crippen LogP contribution in [-0.4, -0.2) is 12.1 Å². The Morgan fingerprint density at radius 3 is 1.88 bits per heavy atom. The zero-order chi connectivity index (χ0) is 17.7. The maximum Gasteiger partial charge on any atom is 0.0371 e. The molecular formula is C25H37N. The van der Waals surface area contributed by atoms with Gasteiger partial charge in [0.2, 0.25) is 0 Å². The van der Waals surface area contributed by atoms with Gasteiger partial charge in [-0.15, -0.1) is 0 Å². The Hall–Kier alpha value is -0.980. The Labute approximate surface area is 160 Å². The first-order chi connectivity index (χ1) is 12.7. The molecule has 1 nitrogen and oxygen atoms in total. The number of hydrogen-bond acceptors (Lipinski definition) is 1. The second-order valence-electron chi connectivity index (χ2n) is 10.5. The Morgan fingerprint density at radius 2 is 1.27 bits per heavy atom. The van der Waals surface area contributed by atoms with E-state index >= 15 is 0 Å². The molecule has 2 saturated heterocycles.